The van der Waals surface area contributed by atoms with Crippen LogP contribution in [0.5, 0.6) is 0 Å². The first-order chi connectivity index (χ1) is 15.9. The Morgan fingerprint density at radius 2 is 1.33 bits per heavy atom. The molecule has 1 fully saturated rings. The number of carbonyl (C=O) groups excluding carboxylic acids is 1. The second kappa shape index (κ2) is 12.3. The minimum Gasteiger partial charge on any atom is -0.550 e. The summed E-state index contributed by atoms with van der Waals surface area (Å²) < 4.78 is 0. The van der Waals surface area contributed by atoms with E-state index in [0.29, 0.717) is 6.42 Å². The van der Waals surface area contributed by atoms with Gasteiger partial charge in [0.15, 0.2) is 0 Å². The molecule has 0 heterocycles. The molecule has 1 aliphatic rings. The highest BCUT2D eigenvalue weighted by atomic mass is 16.4. The number of benzene rings is 3. The summed E-state index contributed by atoms with van der Waals surface area (Å²) in [4.78, 5) is 13.8. The average Bonchev–Trinajstić information content (AvgIpc) is 3.23. The van der Waals surface area contributed by atoms with Gasteiger partial charge >= 0.3 is 0 Å². The summed E-state index contributed by atoms with van der Waals surface area (Å²) in [7, 11) is 0. The molecule has 0 aliphatic heterocycles. The quantitative estimate of drug-likeness (QED) is 0.581. The van der Waals surface area contributed by atoms with Crippen LogP contribution in [-0.4, -0.2) is 16.9 Å². The molecule has 33 heavy (non-hydrogen) atoms. The summed E-state index contributed by atoms with van der Waals surface area (Å²) in [6.07, 6.45) is 1.60. The van der Waals surface area contributed by atoms with Gasteiger partial charge in [0.1, 0.15) is 0 Å². The fraction of sp³-hybridized carbons (Fsp3) is 0.345. The predicted molar refractivity (Wildman–Crippen MR) is 132 cm³/mol. The number of aliphatic carboxylic acids is 1. The smallest absolute Gasteiger partial charge is 0.0448 e. The summed E-state index contributed by atoms with van der Waals surface area (Å²) in [6, 6.07) is 31.3. The monoisotopic (exact) mass is 443 g/mol. The summed E-state index contributed by atoms with van der Waals surface area (Å²) >= 11 is 0. The lowest BCUT2D eigenvalue weighted by Gasteiger charge is -2.29. The van der Waals surface area contributed by atoms with E-state index in [1.807, 2.05) is 56.3 Å². The van der Waals surface area contributed by atoms with E-state index in [2.05, 4.69) is 53.4 Å². The largest absolute Gasteiger partial charge is 0.550 e. The van der Waals surface area contributed by atoms with Crippen LogP contribution < -0.4 is 10.8 Å². The van der Waals surface area contributed by atoms with Crippen LogP contribution in [0, 0.1) is 11.8 Å². The number of rotatable bonds is 7. The van der Waals surface area contributed by atoms with E-state index in [-0.39, 0.29) is 23.9 Å². The van der Waals surface area contributed by atoms with Crippen LogP contribution in [-0.2, 0) is 17.9 Å². The Labute approximate surface area is 198 Å². The third kappa shape index (κ3) is 7.55. The zero-order valence-corrected chi connectivity index (χ0v) is 19.6. The lowest BCUT2D eigenvalue weighted by atomic mass is 9.99. The molecule has 0 bridgehead atoms. The molecule has 0 radical (unpaired) electrons. The van der Waals surface area contributed by atoms with Crippen molar-refractivity contribution < 1.29 is 9.90 Å². The molecule has 3 aromatic carbocycles. The van der Waals surface area contributed by atoms with Crippen molar-refractivity contribution in [3.8, 4) is 0 Å². The summed E-state index contributed by atoms with van der Waals surface area (Å²) in [5.74, 6) is -1.05. The molecule has 0 unspecified atom stereocenters. The summed E-state index contributed by atoms with van der Waals surface area (Å²) in [5.41, 5.74) is 9.33. The van der Waals surface area contributed by atoms with Gasteiger partial charge in [0, 0.05) is 37.1 Å². The Hall–Kier alpha value is -2.95. The number of carboxylic acids is 1. The van der Waals surface area contributed by atoms with E-state index in [1.165, 1.54) is 16.7 Å². The van der Waals surface area contributed by atoms with Crippen molar-refractivity contribution in [1.82, 2.24) is 4.90 Å². The number of carbonyl (C=O) groups is 1. The highest BCUT2D eigenvalue weighted by molar-refractivity contribution is 5.68. The second-order valence-corrected chi connectivity index (χ2v) is 9.10. The Morgan fingerprint density at radius 1 is 0.879 bits per heavy atom. The third-order valence-electron chi connectivity index (χ3n) is 6.46. The molecule has 4 nitrogen and oxygen atoms in total. The van der Waals surface area contributed by atoms with Gasteiger partial charge in [0.05, 0.1) is 0 Å². The molecule has 4 heteroatoms. The number of nitrogens with two attached hydrogens (primary N) is 1. The molecule has 0 saturated heterocycles. The van der Waals surface area contributed by atoms with Gasteiger partial charge in [-0.3, -0.25) is 4.90 Å². The Balaban J connectivity index is 0.000000286. The molecule has 4 rings (SSSR count). The van der Waals surface area contributed by atoms with E-state index in [1.54, 1.807) is 0 Å². The van der Waals surface area contributed by atoms with Crippen LogP contribution in [0.3, 0.4) is 0 Å². The minimum absolute atomic E-state index is 0.159. The van der Waals surface area contributed by atoms with Crippen molar-refractivity contribution in [2.24, 2.45) is 17.6 Å². The molecule has 2 N–H and O–H groups in total. The van der Waals surface area contributed by atoms with Crippen LogP contribution in [0.15, 0.2) is 91.0 Å². The van der Waals surface area contributed by atoms with Gasteiger partial charge in [-0.05, 0) is 42.4 Å². The van der Waals surface area contributed by atoms with Gasteiger partial charge in [0.25, 0.3) is 0 Å². The van der Waals surface area contributed by atoms with Gasteiger partial charge in [-0.2, -0.15) is 0 Å². The molecule has 1 aliphatic carbocycles. The maximum absolute atomic E-state index is 11.4. The number of hydrogen-bond donors (Lipinski definition) is 1. The fourth-order valence-electron chi connectivity index (χ4n) is 4.55. The van der Waals surface area contributed by atoms with E-state index in [4.69, 9.17) is 5.73 Å². The molecule has 174 valence electrons. The third-order valence-corrected chi connectivity index (χ3v) is 6.46. The van der Waals surface area contributed by atoms with Crippen molar-refractivity contribution >= 4 is 5.97 Å². The fourth-order valence-corrected chi connectivity index (χ4v) is 4.55. The van der Waals surface area contributed by atoms with Gasteiger partial charge in [-0.25, -0.2) is 0 Å². The molecule has 0 aromatic heterocycles. The first kappa shape index (κ1) is 24.7. The van der Waals surface area contributed by atoms with Crippen molar-refractivity contribution in [3.05, 3.63) is 108 Å². The SMILES string of the molecule is C[C@@H](N)c1ccccc1.C[C@@H]1C[C@H](N(Cc2ccccc2)Cc2ccccc2)C[C@@H]1C(=O)[O-]. The topological polar surface area (TPSA) is 69.4 Å². The first-order valence-corrected chi connectivity index (χ1v) is 11.8. The van der Waals surface area contributed by atoms with Crippen LogP contribution in [0.2, 0.25) is 0 Å². The van der Waals surface area contributed by atoms with E-state index < -0.39 is 5.97 Å². The van der Waals surface area contributed by atoms with E-state index >= 15 is 0 Å². The lowest BCUT2D eigenvalue weighted by molar-refractivity contribution is -0.312. The van der Waals surface area contributed by atoms with Crippen LogP contribution >= 0.6 is 0 Å². The van der Waals surface area contributed by atoms with Crippen molar-refractivity contribution in [3.63, 3.8) is 0 Å². The second-order valence-electron chi connectivity index (χ2n) is 9.10. The Bertz CT molecular complexity index is 919. The number of carboxylic acid groups (broad SMARTS) is 1. The van der Waals surface area contributed by atoms with Crippen molar-refractivity contribution in [1.29, 1.82) is 0 Å². The predicted octanol–water partition coefficient (Wildman–Crippen LogP) is 4.56. The van der Waals surface area contributed by atoms with Gasteiger partial charge in [-0.1, -0.05) is 97.9 Å². The number of nitrogens with zero attached hydrogens (tertiary/aromatic N) is 1. The Kier molecular flexibility index (Phi) is 9.23. The minimum atomic E-state index is -0.899. The van der Waals surface area contributed by atoms with Crippen molar-refractivity contribution in [2.45, 2.75) is 51.9 Å². The van der Waals surface area contributed by atoms with Crippen LogP contribution in [0.25, 0.3) is 0 Å². The molecule has 4 atom stereocenters. The lowest BCUT2D eigenvalue weighted by Crippen LogP contribution is -2.35. The normalized spacial score (nSPS) is 20.7. The molecule has 3 aromatic rings. The number of hydrogen-bond acceptors (Lipinski definition) is 4. The van der Waals surface area contributed by atoms with Gasteiger partial charge < -0.3 is 15.6 Å². The molecular weight excluding hydrogens is 408 g/mol. The van der Waals surface area contributed by atoms with Gasteiger partial charge in [0.2, 0.25) is 0 Å². The highest BCUT2D eigenvalue weighted by Gasteiger charge is 2.35. The average molecular weight is 444 g/mol. The molecular formula is C29H35N2O2-. The van der Waals surface area contributed by atoms with Gasteiger partial charge in [-0.15, -0.1) is 0 Å². The maximum atomic E-state index is 11.4. The highest BCUT2D eigenvalue weighted by Crippen LogP contribution is 2.35. The summed E-state index contributed by atoms with van der Waals surface area (Å²) in [5, 5.41) is 11.4. The van der Waals surface area contributed by atoms with Crippen molar-refractivity contribution in [2.75, 3.05) is 0 Å². The standard InChI is InChI=1S/C21H25NO2.C8H11N/c1-16-12-19(13-20(16)21(23)24)22(14-17-8-4-2-5-9-17)15-18-10-6-3-7-11-18;1-7(9)8-5-3-2-4-6-8/h2-11,16,19-20H,12-15H2,1H3,(H,23,24);2-7H,9H2,1H3/p-1/t16-,19+,20+;7-/m11/s1. The maximum Gasteiger partial charge on any atom is 0.0448 e. The molecule has 0 amide bonds. The van der Waals surface area contributed by atoms with Crippen LogP contribution in [0.1, 0.15) is 49.4 Å². The van der Waals surface area contributed by atoms with E-state index in [0.717, 1.165) is 19.5 Å². The van der Waals surface area contributed by atoms with Crippen LogP contribution in [0.4, 0.5) is 0 Å². The zero-order chi connectivity index (χ0) is 23.6. The molecule has 1 saturated carbocycles. The summed E-state index contributed by atoms with van der Waals surface area (Å²) in [6.45, 7) is 5.69. The zero-order valence-electron chi connectivity index (χ0n) is 19.6. The first-order valence-electron chi connectivity index (χ1n) is 11.8. The molecule has 0 spiro atoms. The van der Waals surface area contributed by atoms with E-state index in [9.17, 15) is 9.90 Å². The Morgan fingerprint density at radius 3 is 1.70 bits per heavy atom.